The van der Waals surface area contributed by atoms with Gasteiger partial charge in [0, 0.05) is 22.0 Å². The van der Waals surface area contributed by atoms with Crippen LogP contribution in [0.4, 0.5) is 0 Å². The third-order valence-corrected chi connectivity index (χ3v) is 9.70. The summed E-state index contributed by atoms with van der Waals surface area (Å²) in [5.41, 5.74) is 14.9. The Hall–Kier alpha value is -6.45. The summed E-state index contributed by atoms with van der Waals surface area (Å²) in [6.07, 6.45) is 0. The second kappa shape index (κ2) is 10.5. The molecule has 0 unspecified atom stereocenters. The fraction of sp³-hybridized carbons (Fsp3) is 0. The molecule has 0 amide bonds. The topological polar surface area (TPSA) is 22.2 Å². The van der Waals surface area contributed by atoms with Crippen molar-refractivity contribution in [2.75, 3.05) is 0 Å². The minimum absolute atomic E-state index is 0.974. The Balaban J connectivity index is 1.17. The number of hydrogen-bond acceptors (Lipinski definition) is 1. The first kappa shape index (κ1) is 26.7. The molecular weight excluding hydrogens is 583 g/mol. The highest BCUT2D eigenvalue weighted by Gasteiger charge is 2.17. The molecule has 0 spiro atoms. The molecule has 0 N–H and O–H groups in total. The summed E-state index contributed by atoms with van der Waals surface area (Å²) < 4.78 is 4.70. The van der Waals surface area contributed by atoms with E-state index in [0.29, 0.717) is 0 Å². The van der Waals surface area contributed by atoms with Crippen molar-refractivity contribution >= 4 is 49.4 Å². The van der Waals surface area contributed by atoms with Crippen molar-refractivity contribution in [2.24, 2.45) is 0 Å². The van der Waals surface area contributed by atoms with Crippen molar-refractivity contribution in [3.8, 4) is 39.1 Å². The quantitative estimate of drug-likeness (QED) is 0.194. The van der Waals surface area contributed by atoms with Gasteiger partial charge in [0.1, 0.15) is 5.65 Å². The predicted molar refractivity (Wildman–Crippen MR) is 201 cm³/mol. The van der Waals surface area contributed by atoms with E-state index in [-0.39, 0.29) is 0 Å². The number of nitrogens with zero attached hydrogens (tertiary/aromatic N) is 3. The Morgan fingerprint density at radius 2 is 0.917 bits per heavy atom. The van der Waals surface area contributed by atoms with Crippen LogP contribution >= 0.6 is 0 Å². The van der Waals surface area contributed by atoms with E-state index in [1.54, 1.807) is 0 Å². The number of hydrogen-bond donors (Lipinski definition) is 0. The molecule has 3 heteroatoms. The molecule has 10 aromatic rings. The van der Waals surface area contributed by atoms with Gasteiger partial charge in [-0.3, -0.25) is 4.40 Å². The average molecular weight is 612 g/mol. The molecule has 0 bridgehead atoms. The predicted octanol–water partition coefficient (Wildman–Crippen LogP) is 11.7. The summed E-state index contributed by atoms with van der Waals surface area (Å²) >= 11 is 0. The van der Waals surface area contributed by atoms with Gasteiger partial charge in [-0.05, 0) is 93.9 Å². The third-order valence-electron chi connectivity index (χ3n) is 9.70. The molecule has 0 atom stereocenters. The monoisotopic (exact) mass is 611 g/mol. The van der Waals surface area contributed by atoms with E-state index < -0.39 is 0 Å². The fourth-order valence-electron chi connectivity index (χ4n) is 7.41. The minimum Gasteiger partial charge on any atom is -0.309 e. The fourth-order valence-corrected chi connectivity index (χ4v) is 7.41. The zero-order valence-electron chi connectivity index (χ0n) is 26.1. The van der Waals surface area contributed by atoms with Crippen molar-refractivity contribution in [1.29, 1.82) is 0 Å². The highest BCUT2D eigenvalue weighted by molar-refractivity contribution is 6.11. The molecular formula is C45H29N3. The van der Waals surface area contributed by atoms with Crippen LogP contribution in [-0.4, -0.2) is 14.0 Å². The van der Waals surface area contributed by atoms with Crippen molar-refractivity contribution in [3.63, 3.8) is 0 Å². The van der Waals surface area contributed by atoms with Crippen molar-refractivity contribution < 1.29 is 0 Å². The van der Waals surface area contributed by atoms with E-state index in [2.05, 4.69) is 185 Å². The van der Waals surface area contributed by atoms with Gasteiger partial charge in [-0.15, -0.1) is 0 Å². The maximum atomic E-state index is 5.12. The molecule has 224 valence electrons. The average Bonchev–Trinajstić information content (AvgIpc) is 3.71. The van der Waals surface area contributed by atoms with E-state index in [0.717, 1.165) is 39.0 Å². The Labute approximate surface area is 277 Å². The van der Waals surface area contributed by atoms with Gasteiger partial charge in [-0.1, -0.05) is 115 Å². The molecule has 48 heavy (non-hydrogen) atoms. The first-order valence-electron chi connectivity index (χ1n) is 16.4. The van der Waals surface area contributed by atoms with E-state index in [1.165, 1.54) is 49.4 Å². The summed E-state index contributed by atoms with van der Waals surface area (Å²) in [4.78, 5) is 5.12. The van der Waals surface area contributed by atoms with Crippen LogP contribution < -0.4 is 0 Å². The molecule has 0 radical (unpaired) electrons. The van der Waals surface area contributed by atoms with Crippen LogP contribution in [0, 0.1) is 0 Å². The van der Waals surface area contributed by atoms with E-state index in [9.17, 15) is 0 Å². The van der Waals surface area contributed by atoms with E-state index in [4.69, 9.17) is 4.98 Å². The molecule has 3 heterocycles. The molecule has 0 aliphatic rings. The van der Waals surface area contributed by atoms with Crippen molar-refractivity contribution in [2.45, 2.75) is 0 Å². The number of fused-ring (bicyclic) bond motifs is 8. The van der Waals surface area contributed by atoms with Crippen LogP contribution in [-0.2, 0) is 0 Å². The summed E-state index contributed by atoms with van der Waals surface area (Å²) in [6, 6.07) is 63.3. The lowest BCUT2D eigenvalue weighted by Gasteiger charge is -2.12. The number of para-hydroxylation sites is 3. The summed E-state index contributed by atoms with van der Waals surface area (Å²) in [5, 5.41) is 3.68. The molecule has 0 aliphatic heterocycles. The molecule has 0 saturated carbocycles. The van der Waals surface area contributed by atoms with E-state index in [1.807, 2.05) is 0 Å². The Kier molecular flexibility index (Phi) is 5.87. The van der Waals surface area contributed by atoms with Crippen LogP contribution in [0.2, 0.25) is 0 Å². The Morgan fingerprint density at radius 3 is 1.56 bits per heavy atom. The van der Waals surface area contributed by atoms with E-state index >= 15 is 0 Å². The zero-order chi connectivity index (χ0) is 31.6. The maximum Gasteiger partial charge on any atom is 0.146 e. The zero-order valence-corrected chi connectivity index (χ0v) is 26.1. The standard InChI is InChI=1S/C45H29N3/c1-3-11-30(12-4-1)33-21-25-42-38(27-33)39-28-34(31-13-5-2-6-14-31)22-26-43(39)47(42)36-23-19-32(20-24-36)37-29-35-15-7-9-17-41(35)48-44-18-10-8-16-40(44)46-45(37)48/h1-29H. The lowest BCUT2D eigenvalue weighted by molar-refractivity contribution is 1.18. The Morgan fingerprint density at radius 1 is 0.375 bits per heavy atom. The first-order chi connectivity index (χ1) is 23.8. The number of pyridine rings is 1. The van der Waals surface area contributed by atoms with Gasteiger partial charge < -0.3 is 4.57 Å². The first-order valence-corrected chi connectivity index (χ1v) is 16.4. The number of benzene rings is 7. The second-order valence-electron chi connectivity index (χ2n) is 12.5. The van der Waals surface area contributed by atoms with Crippen LogP contribution in [0.1, 0.15) is 0 Å². The molecule has 3 nitrogen and oxygen atoms in total. The molecule has 10 rings (SSSR count). The lowest BCUT2D eigenvalue weighted by atomic mass is 10.0. The number of aromatic nitrogens is 3. The van der Waals surface area contributed by atoms with Gasteiger partial charge in [0.05, 0.1) is 27.6 Å². The van der Waals surface area contributed by atoms with Crippen LogP contribution in [0.3, 0.4) is 0 Å². The van der Waals surface area contributed by atoms with Crippen LogP contribution in [0.15, 0.2) is 176 Å². The van der Waals surface area contributed by atoms with Crippen molar-refractivity contribution in [1.82, 2.24) is 14.0 Å². The van der Waals surface area contributed by atoms with Gasteiger partial charge in [0.25, 0.3) is 0 Å². The molecule has 0 fully saturated rings. The number of imidazole rings is 1. The minimum atomic E-state index is 0.974. The van der Waals surface area contributed by atoms with Crippen LogP contribution in [0.25, 0.3) is 88.5 Å². The van der Waals surface area contributed by atoms with Crippen molar-refractivity contribution in [3.05, 3.63) is 176 Å². The van der Waals surface area contributed by atoms with Gasteiger partial charge in [-0.25, -0.2) is 4.98 Å². The largest absolute Gasteiger partial charge is 0.309 e. The lowest BCUT2D eigenvalue weighted by Crippen LogP contribution is -1.95. The maximum absolute atomic E-state index is 5.12. The van der Waals surface area contributed by atoms with Gasteiger partial charge in [0.2, 0.25) is 0 Å². The molecule has 0 saturated heterocycles. The summed E-state index contributed by atoms with van der Waals surface area (Å²) in [7, 11) is 0. The highest BCUT2D eigenvalue weighted by atomic mass is 15.0. The number of rotatable bonds is 4. The molecule has 7 aromatic carbocycles. The van der Waals surface area contributed by atoms with Gasteiger partial charge in [-0.2, -0.15) is 0 Å². The highest BCUT2D eigenvalue weighted by Crippen LogP contribution is 2.38. The van der Waals surface area contributed by atoms with Crippen LogP contribution in [0.5, 0.6) is 0 Å². The smallest absolute Gasteiger partial charge is 0.146 e. The normalized spacial score (nSPS) is 11.8. The molecule has 3 aromatic heterocycles. The third kappa shape index (κ3) is 4.11. The Bertz CT molecular complexity index is 2710. The second-order valence-corrected chi connectivity index (χ2v) is 12.5. The summed E-state index contributed by atoms with van der Waals surface area (Å²) in [6.45, 7) is 0. The van der Waals surface area contributed by atoms with Gasteiger partial charge >= 0.3 is 0 Å². The summed E-state index contributed by atoms with van der Waals surface area (Å²) in [5.74, 6) is 0. The van der Waals surface area contributed by atoms with Gasteiger partial charge in [0.15, 0.2) is 0 Å². The SMILES string of the molecule is c1ccc(-c2ccc3c(c2)c2cc(-c4ccccc4)ccc2n3-c2ccc(-c3cc4ccccc4n4c3nc3ccccc34)cc2)cc1. The molecule has 0 aliphatic carbocycles.